The van der Waals surface area contributed by atoms with Crippen LogP contribution in [-0.2, 0) is 0 Å². The van der Waals surface area contributed by atoms with Crippen LogP contribution in [0.15, 0.2) is 46.9 Å². The van der Waals surface area contributed by atoms with Gasteiger partial charge in [0.2, 0.25) is 0 Å². The molecule has 0 amide bonds. The fourth-order valence-electron chi connectivity index (χ4n) is 9.74. The number of benzene rings is 7. The molecule has 0 aliphatic carbocycles. The fourth-order valence-corrected chi connectivity index (χ4v) is 9.74. The van der Waals surface area contributed by atoms with Gasteiger partial charge in [0.25, 0.3) is 0 Å². The van der Waals surface area contributed by atoms with Crippen LogP contribution >= 0.6 is 0 Å². The van der Waals surface area contributed by atoms with Gasteiger partial charge in [0.05, 0.1) is 0 Å². The fraction of sp³-hybridized carbons (Fsp3) is 0. The minimum Gasteiger partial charge on any atom is -0.457 e. The molecule has 0 bridgehead atoms. The molecule has 1 aromatic heterocycles. The van der Waals surface area contributed by atoms with Crippen molar-refractivity contribution in [1.29, 1.82) is 0 Å². The van der Waals surface area contributed by atoms with Crippen LogP contribution in [0.25, 0.3) is 76.5 Å². The van der Waals surface area contributed by atoms with E-state index >= 15 is 0 Å². The minimum atomic E-state index is 1.03. The Bertz CT molecular complexity index is 2890. The van der Waals surface area contributed by atoms with Crippen molar-refractivity contribution < 1.29 is 4.42 Å². The maximum Gasteiger partial charge on any atom is 0.143 e. The lowest BCUT2D eigenvalue weighted by molar-refractivity contribution is 0.675. The Morgan fingerprint density at radius 3 is 1.17 bits per heavy atom. The van der Waals surface area contributed by atoms with E-state index in [1.807, 2.05) is 0 Å². The van der Waals surface area contributed by atoms with Crippen molar-refractivity contribution in [3.8, 4) is 22.3 Å². The first-order valence-corrected chi connectivity index (χ1v) is 19.0. The lowest BCUT2D eigenvalue weighted by Gasteiger charge is -2.29. The molecule has 0 aliphatic rings. The van der Waals surface area contributed by atoms with Crippen molar-refractivity contribution in [2.45, 2.75) is 0 Å². The average molecular weight is 648 g/mol. The molecule has 0 aliphatic heterocycles. The van der Waals surface area contributed by atoms with Gasteiger partial charge in [0, 0.05) is 10.8 Å². The summed E-state index contributed by atoms with van der Waals surface area (Å²) in [6, 6.07) is 15.9. The van der Waals surface area contributed by atoms with E-state index in [4.69, 9.17) is 4.42 Å². The van der Waals surface area contributed by atoms with Gasteiger partial charge >= 0.3 is 0 Å². The summed E-state index contributed by atoms with van der Waals surface area (Å²) < 4.78 is 6.93. The van der Waals surface area contributed by atoms with Crippen LogP contribution < -0.4 is 81.9 Å². The summed E-state index contributed by atoms with van der Waals surface area (Å²) in [5, 5.41) is 10.6. The highest BCUT2D eigenvalue weighted by molar-refractivity contribution is 6.73. The van der Waals surface area contributed by atoms with Crippen LogP contribution in [0.5, 0.6) is 0 Å². The van der Waals surface area contributed by atoms with Crippen LogP contribution in [0.2, 0.25) is 0 Å². The molecule has 7 aromatic carbocycles. The molecule has 1 nitrogen and oxygen atoms in total. The van der Waals surface area contributed by atoms with E-state index in [1.54, 1.807) is 0 Å². The lowest BCUT2D eigenvalue weighted by Crippen LogP contribution is -2.50. The molecule has 8 rings (SSSR count). The van der Waals surface area contributed by atoms with Crippen molar-refractivity contribution in [2.75, 3.05) is 0 Å². The van der Waals surface area contributed by atoms with E-state index < -0.39 is 0 Å². The molecule has 0 radical (unpaired) electrons. The van der Waals surface area contributed by atoms with Crippen molar-refractivity contribution in [3.63, 3.8) is 0 Å². The number of hydrogen-bond acceptors (Lipinski definition) is 1. The lowest BCUT2D eigenvalue weighted by atomic mass is 9.58. The highest BCUT2D eigenvalue weighted by Gasteiger charge is 2.29. The van der Waals surface area contributed by atoms with Crippen LogP contribution in [-0.4, -0.2) is 118 Å². The SMILES string of the molecule is Bc1c(B)c(B)c2c(oc3c(B)c(B)c(-c4c5c(B)c(B)c(B)c(B)c5c(-c5ccc6ccccc6c5)c5c(B)c(B)c(B)c(B)c45)c(B)c32)c1B. The van der Waals surface area contributed by atoms with Crippen molar-refractivity contribution >= 4 is 254 Å². The third kappa shape index (κ3) is 4.51. The number of fused-ring (bicyclic) bond motifs is 6. The van der Waals surface area contributed by atoms with Gasteiger partial charge in [-0.15, -0.1) is 27.3 Å². The zero-order valence-corrected chi connectivity index (χ0v) is 33.9. The Morgan fingerprint density at radius 2 is 0.673 bits per heavy atom. The third-order valence-electron chi connectivity index (χ3n) is 14.0. The predicted octanol–water partition coefficient (Wildman–Crippen LogP) is -15.7. The van der Waals surface area contributed by atoms with Gasteiger partial charge in [-0.25, -0.2) is 0 Å². The molecule has 52 heavy (non-hydrogen) atoms. The molecule has 16 heteroatoms. The Kier molecular flexibility index (Phi) is 8.15. The quantitative estimate of drug-likeness (QED) is 0.134. The molecule has 232 valence electrons. The number of hydrogen-bond donors (Lipinski definition) is 0. The second kappa shape index (κ2) is 12.1. The van der Waals surface area contributed by atoms with Crippen molar-refractivity contribution in [1.82, 2.24) is 0 Å². The molecular formula is C36H37B15O. The summed E-state index contributed by atoms with van der Waals surface area (Å²) in [5.74, 6) is 0. The minimum absolute atomic E-state index is 1.03. The molecule has 0 spiro atoms. The van der Waals surface area contributed by atoms with Gasteiger partial charge in [-0.3, -0.25) is 0 Å². The molecule has 0 fully saturated rings. The molecule has 1 heterocycles. The van der Waals surface area contributed by atoms with Crippen LogP contribution in [0, 0.1) is 0 Å². The predicted molar refractivity (Wildman–Crippen MR) is 280 cm³/mol. The highest BCUT2D eigenvalue weighted by atomic mass is 16.3. The smallest absolute Gasteiger partial charge is 0.143 e. The van der Waals surface area contributed by atoms with Crippen LogP contribution in [0.3, 0.4) is 0 Å². The van der Waals surface area contributed by atoms with E-state index in [9.17, 15) is 0 Å². The third-order valence-corrected chi connectivity index (χ3v) is 14.0. The van der Waals surface area contributed by atoms with Gasteiger partial charge in [-0.05, 0) is 60.6 Å². The van der Waals surface area contributed by atoms with Gasteiger partial charge < -0.3 is 4.42 Å². The molecular weight excluding hydrogens is 611 g/mol. The zero-order valence-electron chi connectivity index (χ0n) is 33.9. The van der Waals surface area contributed by atoms with Gasteiger partial charge in [0.1, 0.15) is 129 Å². The summed E-state index contributed by atoms with van der Waals surface area (Å²) in [7, 11) is 34.8. The van der Waals surface area contributed by atoms with Crippen LogP contribution in [0.4, 0.5) is 0 Å². The first-order valence-electron chi connectivity index (χ1n) is 19.0. The first-order chi connectivity index (χ1) is 24.6. The molecule has 0 N–H and O–H groups in total. The topological polar surface area (TPSA) is 13.1 Å². The summed E-state index contributed by atoms with van der Waals surface area (Å²) in [6.07, 6.45) is 0. The number of rotatable bonds is 2. The maximum absolute atomic E-state index is 6.93. The average Bonchev–Trinajstić information content (AvgIpc) is 3.55. The van der Waals surface area contributed by atoms with Gasteiger partial charge in [0.15, 0.2) is 0 Å². The molecule has 0 saturated heterocycles. The Morgan fingerprint density at radius 1 is 0.288 bits per heavy atom. The van der Waals surface area contributed by atoms with E-state index in [1.165, 1.54) is 147 Å². The summed E-state index contributed by atoms with van der Waals surface area (Å²) in [6.45, 7) is 0. The highest BCUT2D eigenvalue weighted by Crippen LogP contribution is 2.41. The molecule has 0 unspecified atom stereocenters. The van der Waals surface area contributed by atoms with E-state index in [-0.39, 0.29) is 0 Å². The maximum atomic E-state index is 6.93. The molecule has 8 aromatic rings. The summed E-state index contributed by atoms with van der Waals surface area (Å²) in [5.41, 5.74) is 27.6. The molecule has 0 atom stereocenters. The standard InChI is InChI=1S/C36H37B15O/c37-20-17(25(42)33(50)35-18(20)19-26(43)31(48)32(49)34(51)36(19)52-35)12-15-13(21(38)27(44)29(46)23(15)40)11(10-6-5-8-3-1-2-4-9(8)7-10)14-16(12)24(41)30(47)28(45)22(14)39/h1-7H,37-51H2. The number of furan rings is 1. The van der Waals surface area contributed by atoms with Crippen molar-refractivity contribution in [2.24, 2.45) is 0 Å². The van der Waals surface area contributed by atoms with Crippen LogP contribution in [0.1, 0.15) is 0 Å². The Labute approximate surface area is 321 Å². The van der Waals surface area contributed by atoms with Gasteiger partial charge in [-0.2, -0.15) is 0 Å². The van der Waals surface area contributed by atoms with E-state index in [0.717, 1.165) is 11.2 Å². The first kappa shape index (κ1) is 35.1. The molecule has 0 saturated carbocycles. The second-order valence-corrected chi connectivity index (χ2v) is 16.1. The normalized spacial score (nSPS) is 11.8. The van der Waals surface area contributed by atoms with Crippen molar-refractivity contribution in [3.05, 3.63) is 42.5 Å². The van der Waals surface area contributed by atoms with Gasteiger partial charge in [-0.1, -0.05) is 91.0 Å². The Hall–Kier alpha value is -3.91. The van der Waals surface area contributed by atoms with E-state index in [0.29, 0.717) is 0 Å². The Balaban J connectivity index is 1.72. The zero-order chi connectivity index (χ0) is 37.4. The summed E-state index contributed by atoms with van der Waals surface area (Å²) >= 11 is 0. The second-order valence-electron chi connectivity index (χ2n) is 16.1. The largest absolute Gasteiger partial charge is 0.457 e. The monoisotopic (exact) mass is 650 g/mol. The van der Waals surface area contributed by atoms with E-state index in [2.05, 4.69) is 160 Å². The summed E-state index contributed by atoms with van der Waals surface area (Å²) in [4.78, 5) is 0.